The van der Waals surface area contributed by atoms with E-state index in [9.17, 15) is 18.4 Å². The molecule has 146 valence electrons. The fraction of sp³-hybridized carbons (Fsp3) is 0.474. The van der Waals surface area contributed by atoms with Gasteiger partial charge in [-0.1, -0.05) is 0 Å². The molecule has 2 heterocycles. The van der Waals surface area contributed by atoms with Crippen molar-refractivity contribution in [2.24, 2.45) is 0 Å². The van der Waals surface area contributed by atoms with Crippen LogP contribution in [0.1, 0.15) is 32.4 Å². The number of likely N-dealkylation sites (N-methyl/N-ethyl adjacent to an activating group) is 1. The number of rotatable bonds is 4. The largest absolute Gasteiger partial charge is 0.357 e. The molecule has 1 aliphatic heterocycles. The number of amides is 3. The van der Waals surface area contributed by atoms with E-state index in [2.05, 4.69) is 10.3 Å². The van der Waals surface area contributed by atoms with E-state index in [0.29, 0.717) is 29.7 Å². The average Bonchev–Trinajstić information content (AvgIpc) is 3.03. The van der Waals surface area contributed by atoms with Crippen LogP contribution < -0.4 is 5.32 Å². The van der Waals surface area contributed by atoms with Crippen molar-refractivity contribution in [3.05, 3.63) is 35.5 Å². The maximum atomic E-state index is 13.3. The lowest BCUT2D eigenvalue weighted by Crippen LogP contribution is -2.53. The Balaban J connectivity index is 1.64. The van der Waals surface area contributed by atoms with Crippen molar-refractivity contribution in [1.82, 2.24) is 20.1 Å². The molecule has 1 aromatic carbocycles. The molecule has 0 bridgehead atoms. The highest BCUT2D eigenvalue weighted by Gasteiger charge is 2.28. The lowest BCUT2D eigenvalue weighted by Gasteiger charge is -2.38. The number of likely N-dealkylation sites (tertiary alicyclic amines) is 1. The van der Waals surface area contributed by atoms with Crippen molar-refractivity contribution in [2.75, 3.05) is 19.6 Å². The number of aromatic nitrogens is 1. The number of nitrogens with one attached hydrogen (secondary N) is 2. The Morgan fingerprint density at radius 3 is 2.74 bits per heavy atom. The molecular formula is C19H24F2N4O2. The third kappa shape index (κ3) is 4.20. The van der Waals surface area contributed by atoms with Gasteiger partial charge in [-0.25, -0.2) is 13.6 Å². The summed E-state index contributed by atoms with van der Waals surface area (Å²) in [5.74, 6) is -1.79. The minimum Gasteiger partial charge on any atom is -0.357 e. The number of fused-ring (bicyclic) bond motifs is 1. The first-order chi connectivity index (χ1) is 12.9. The Morgan fingerprint density at radius 2 is 2.04 bits per heavy atom. The van der Waals surface area contributed by atoms with Gasteiger partial charge in [0.2, 0.25) is 5.91 Å². The fourth-order valence-electron chi connectivity index (χ4n) is 3.62. The molecule has 27 heavy (non-hydrogen) atoms. The molecule has 0 radical (unpaired) electrons. The molecule has 8 heteroatoms. The Morgan fingerprint density at radius 1 is 1.30 bits per heavy atom. The van der Waals surface area contributed by atoms with Crippen LogP contribution in [0.15, 0.2) is 18.2 Å². The quantitative estimate of drug-likeness (QED) is 0.859. The van der Waals surface area contributed by atoms with E-state index in [1.807, 2.05) is 6.92 Å². The van der Waals surface area contributed by atoms with Gasteiger partial charge in [-0.15, -0.1) is 0 Å². The van der Waals surface area contributed by atoms with Crippen LogP contribution in [-0.2, 0) is 11.3 Å². The van der Waals surface area contributed by atoms with Gasteiger partial charge >= 0.3 is 6.03 Å². The van der Waals surface area contributed by atoms with Gasteiger partial charge in [0, 0.05) is 49.2 Å². The van der Waals surface area contributed by atoms with Crippen molar-refractivity contribution >= 4 is 22.8 Å². The number of halogens is 2. The first-order valence-corrected chi connectivity index (χ1v) is 9.15. The number of carbonyl (C=O) groups is 2. The molecule has 2 aromatic rings. The zero-order valence-corrected chi connectivity index (χ0v) is 15.5. The first kappa shape index (κ1) is 19.1. The van der Waals surface area contributed by atoms with Crippen molar-refractivity contribution in [3.8, 4) is 0 Å². The van der Waals surface area contributed by atoms with Gasteiger partial charge in [0.05, 0.1) is 12.6 Å². The summed E-state index contributed by atoms with van der Waals surface area (Å²) in [5, 5.41) is 3.40. The smallest absolute Gasteiger partial charge is 0.318 e. The van der Waals surface area contributed by atoms with E-state index in [4.69, 9.17) is 0 Å². The fourth-order valence-corrected chi connectivity index (χ4v) is 3.62. The maximum absolute atomic E-state index is 13.3. The van der Waals surface area contributed by atoms with E-state index < -0.39 is 11.6 Å². The highest BCUT2D eigenvalue weighted by atomic mass is 19.2. The normalized spacial score (nSPS) is 17.2. The molecule has 3 rings (SSSR count). The second-order valence-electron chi connectivity index (χ2n) is 6.85. The summed E-state index contributed by atoms with van der Waals surface area (Å²) < 4.78 is 26.6. The Kier molecular flexibility index (Phi) is 5.62. The Bertz CT molecular complexity index is 813. The first-order valence-electron chi connectivity index (χ1n) is 9.15. The molecule has 0 spiro atoms. The lowest BCUT2D eigenvalue weighted by molar-refractivity contribution is -0.130. The number of hydrogen-bond donors (Lipinski definition) is 2. The lowest BCUT2D eigenvalue weighted by atomic mass is 10.0. The van der Waals surface area contributed by atoms with E-state index in [0.717, 1.165) is 31.5 Å². The topological polar surface area (TPSA) is 68.4 Å². The summed E-state index contributed by atoms with van der Waals surface area (Å²) in [5.41, 5.74) is 1.14. The Hall–Kier alpha value is -2.64. The average molecular weight is 378 g/mol. The number of aromatic amines is 1. The molecule has 1 atom stereocenters. The number of carbonyl (C=O) groups excluding carboxylic acids is 2. The van der Waals surface area contributed by atoms with Crippen LogP contribution >= 0.6 is 0 Å². The zero-order chi connectivity index (χ0) is 19.6. The van der Waals surface area contributed by atoms with Gasteiger partial charge < -0.3 is 20.1 Å². The zero-order valence-electron chi connectivity index (χ0n) is 15.5. The number of benzene rings is 1. The third-order valence-electron chi connectivity index (χ3n) is 5.03. The van der Waals surface area contributed by atoms with Crippen LogP contribution in [0.4, 0.5) is 13.6 Å². The summed E-state index contributed by atoms with van der Waals surface area (Å²) in [6.45, 7) is 5.47. The predicted molar refractivity (Wildman–Crippen MR) is 98.1 cm³/mol. The molecule has 2 N–H and O–H groups in total. The highest BCUT2D eigenvalue weighted by molar-refractivity contribution is 5.81. The summed E-state index contributed by atoms with van der Waals surface area (Å²) in [6.07, 6.45) is 1.73. The van der Waals surface area contributed by atoms with Crippen molar-refractivity contribution < 1.29 is 18.4 Å². The SMILES string of the molecule is CCN(C(=O)NCc1cc2cc(F)c(F)cc2[nH]1)[C@@H]1CCCN(C(C)=O)C1. The van der Waals surface area contributed by atoms with Crippen LogP contribution in [0.3, 0.4) is 0 Å². The Labute approximate surface area is 156 Å². The third-order valence-corrected chi connectivity index (χ3v) is 5.03. The van der Waals surface area contributed by atoms with Gasteiger partial charge in [-0.2, -0.15) is 0 Å². The number of nitrogens with zero attached hydrogens (tertiary/aromatic N) is 2. The van der Waals surface area contributed by atoms with Gasteiger partial charge in [0.25, 0.3) is 0 Å². The van der Waals surface area contributed by atoms with E-state index >= 15 is 0 Å². The van der Waals surface area contributed by atoms with Gasteiger partial charge in [0.15, 0.2) is 11.6 Å². The standard InChI is InChI=1S/C19H24F2N4O2/c1-3-25(15-5-4-6-24(11-15)12(2)26)19(27)22-10-14-7-13-8-16(20)17(21)9-18(13)23-14/h7-9,15,23H,3-6,10-11H2,1-2H3,(H,22,27)/t15-/m1/s1. The highest BCUT2D eigenvalue weighted by Crippen LogP contribution is 2.20. The molecule has 1 fully saturated rings. The maximum Gasteiger partial charge on any atom is 0.318 e. The van der Waals surface area contributed by atoms with Crippen LogP contribution in [0.2, 0.25) is 0 Å². The van der Waals surface area contributed by atoms with Crippen molar-refractivity contribution in [1.29, 1.82) is 0 Å². The van der Waals surface area contributed by atoms with Gasteiger partial charge in [-0.3, -0.25) is 4.79 Å². The monoisotopic (exact) mass is 378 g/mol. The molecular weight excluding hydrogens is 354 g/mol. The molecule has 1 saturated heterocycles. The second-order valence-corrected chi connectivity index (χ2v) is 6.85. The second kappa shape index (κ2) is 7.94. The van der Waals surface area contributed by atoms with Crippen molar-refractivity contribution in [3.63, 3.8) is 0 Å². The van der Waals surface area contributed by atoms with Crippen LogP contribution in [0.5, 0.6) is 0 Å². The molecule has 1 aromatic heterocycles. The summed E-state index contributed by atoms with van der Waals surface area (Å²) in [4.78, 5) is 30.7. The van der Waals surface area contributed by atoms with Gasteiger partial charge in [0.1, 0.15) is 0 Å². The molecule has 1 aliphatic rings. The van der Waals surface area contributed by atoms with Crippen LogP contribution in [0.25, 0.3) is 10.9 Å². The summed E-state index contributed by atoms with van der Waals surface area (Å²) in [7, 11) is 0. The number of hydrogen-bond acceptors (Lipinski definition) is 2. The molecule has 0 aliphatic carbocycles. The van der Waals surface area contributed by atoms with E-state index in [1.165, 1.54) is 0 Å². The minimum absolute atomic E-state index is 0.0152. The van der Waals surface area contributed by atoms with Crippen LogP contribution in [0, 0.1) is 11.6 Å². The van der Waals surface area contributed by atoms with Crippen molar-refractivity contribution in [2.45, 2.75) is 39.3 Å². The summed E-state index contributed by atoms with van der Waals surface area (Å²) >= 11 is 0. The molecule has 0 unspecified atom stereocenters. The minimum atomic E-state index is -0.913. The predicted octanol–water partition coefficient (Wildman–Crippen LogP) is 2.99. The molecule has 3 amide bonds. The molecule has 0 saturated carbocycles. The van der Waals surface area contributed by atoms with E-state index in [1.54, 1.807) is 22.8 Å². The summed E-state index contributed by atoms with van der Waals surface area (Å²) in [6, 6.07) is 3.69. The number of H-pyrrole nitrogens is 1. The number of piperidine rings is 1. The van der Waals surface area contributed by atoms with E-state index in [-0.39, 0.29) is 24.5 Å². The molecule has 6 nitrogen and oxygen atoms in total. The van der Waals surface area contributed by atoms with Gasteiger partial charge in [-0.05, 0) is 31.9 Å². The van der Waals surface area contributed by atoms with Crippen LogP contribution in [-0.4, -0.2) is 52.4 Å². The number of urea groups is 1.